The van der Waals surface area contributed by atoms with Gasteiger partial charge in [-0.3, -0.25) is 0 Å². The Morgan fingerprint density at radius 1 is 1.41 bits per heavy atom. The summed E-state index contributed by atoms with van der Waals surface area (Å²) in [6, 6.07) is 8.18. The topological polar surface area (TPSA) is 12.0 Å². The molecule has 17 heavy (non-hydrogen) atoms. The molecule has 0 saturated carbocycles. The van der Waals surface area contributed by atoms with Crippen molar-refractivity contribution in [2.75, 3.05) is 0 Å². The molecule has 1 aromatic carbocycles. The Hall–Kier alpha value is -1.94. The highest BCUT2D eigenvalue weighted by Gasteiger charge is 2.19. The van der Waals surface area contributed by atoms with Crippen LogP contribution in [0.1, 0.15) is 24.0 Å². The van der Waals surface area contributed by atoms with Crippen LogP contribution in [0.25, 0.3) is 0 Å². The SMILES string of the molecule is C#Cc1cccc(CC2CCC(=C)NC2=C)c1. The minimum absolute atomic E-state index is 0.480. The van der Waals surface area contributed by atoms with Gasteiger partial charge in [-0.1, -0.05) is 31.2 Å². The normalized spacial score (nSPS) is 19.6. The summed E-state index contributed by atoms with van der Waals surface area (Å²) in [5, 5.41) is 3.25. The van der Waals surface area contributed by atoms with Crippen molar-refractivity contribution in [1.82, 2.24) is 5.32 Å². The first kappa shape index (κ1) is 11.5. The molecule has 0 aromatic heterocycles. The average molecular weight is 223 g/mol. The number of nitrogens with one attached hydrogen (secondary N) is 1. The van der Waals surface area contributed by atoms with Gasteiger partial charge in [-0.15, -0.1) is 6.42 Å². The van der Waals surface area contributed by atoms with E-state index in [0.717, 1.165) is 36.2 Å². The zero-order valence-corrected chi connectivity index (χ0v) is 10.00. The van der Waals surface area contributed by atoms with E-state index >= 15 is 0 Å². The van der Waals surface area contributed by atoms with Crippen LogP contribution in [-0.4, -0.2) is 0 Å². The van der Waals surface area contributed by atoms with E-state index in [9.17, 15) is 0 Å². The lowest BCUT2D eigenvalue weighted by Crippen LogP contribution is -2.26. The molecule has 1 unspecified atom stereocenters. The molecule has 1 heteroatoms. The zero-order valence-electron chi connectivity index (χ0n) is 10.00. The fourth-order valence-electron chi connectivity index (χ4n) is 2.21. The number of hydrogen-bond donors (Lipinski definition) is 1. The monoisotopic (exact) mass is 223 g/mol. The number of rotatable bonds is 2. The molecule has 1 saturated heterocycles. The summed E-state index contributed by atoms with van der Waals surface area (Å²) >= 11 is 0. The predicted octanol–water partition coefficient (Wildman–Crippen LogP) is 3.24. The molecule has 1 heterocycles. The minimum atomic E-state index is 0.480. The van der Waals surface area contributed by atoms with Gasteiger partial charge in [0.1, 0.15) is 0 Å². The second-order valence-electron chi connectivity index (χ2n) is 4.54. The zero-order chi connectivity index (χ0) is 12.3. The molecule has 1 N–H and O–H groups in total. The molecule has 0 aliphatic carbocycles. The van der Waals surface area contributed by atoms with Crippen molar-refractivity contribution >= 4 is 0 Å². The largest absolute Gasteiger partial charge is 0.363 e. The van der Waals surface area contributed by atoms with Crippen LogP contribution in [0.15, 0.2) is 48.8 Å². The molecule has 2 rings (SSSR count). The van der Waals surface area contributed by atoms with Crippen LogP contribution in [0.5, 0.6) is 0 Å². The molecule has 0 bridgehead atoms. The fraction of sp³-hybridized carbons (Fsp3) is 0.250. The van der Waals surface area contributed by atoms with Gasteiger partial charge in [0, 0.05) is 22.9 Å². The third kappa shape index (κ3) is 2.79. The summed E-state index contributed by atoms with van der Waals surface area (Å²) in [5.41, 5.74) is 4.37. The molecule has 1 aromatic rings. The first-order chi connectivity index (χ1) is 8.19. The molecule has 0 amide bonds. The van der Waals surface area contributed by atoms with Crippen molar-refractivity contribution in [3.8, 4) is 12.3 Å². The summed E-state index contributed by atoms with van der Waals surface area (Å²) < 4.78 is 0. The van der Waals surface area contributed by atoms with E-state index in [2.05, 4.69) is 36.5 Å². The van der Waals surface area contributed by atoms with Gasteiger partial charge in [-0.25, -0.2) is 0 Å². The molecule has 1 atom stereocenters. The van der Waals surface area contributed by atoms with Crippen LogP contribution >= 0.6 is 0 Å². The average Bonchev–Trinajstić information content (AvgIpc) is 2.33. The Morgan fingerprint density at radius 2 is 2.24 bits per heavy atom. The molecular formula is C16H17N. The fourth-order valence-corrected chi connectivity index (χ4v) is 2.21. The van der Waals surface area contributed by atoms with E-state index < -0.39 is 0 Å². The molecule has 0 spiro atoms. The van der Waals surface area contributed by atoms with Gasteiger partial charge in [-0.2, -0.15) is 0 Å². The van der Waals surface area contributed by atoms with Crippen LogP contribution in [0, 0.1) is 18.3 Å². The van der Waals surface area contributed by atoms with Crippen LogP contribution < -0.4 is 5.32 Å². The van der Waals surface area contributed by atoms with Crippen LogP contribution in [0.2, 0.25) is 0 Å². The Morgan fingerprint density at radius 3 is 2.94 bits per heavy atom. The lowest BCUT2D eigenvalue weighted by molar-refractivity contribution is 0.484. The van der Waals surface area contributed by atoms with Gasteiger partial charge in [0.2, 0.25) is 0 Å². The maximum absolute atomic E-state index is 5.41. The van der Waals surface area contributed by atoms with Crippen molar-refractivity contribution in [3.05, 3.63) is 59.9 Å². The number of piperidine rings is 1. The van der Waals surface area contributed by atoms with Crippen molar-refractivity contribution in [2.24, 2.45) is 5.92 Å². The predicted molar refractivity (Wildman–Crippen MR) is 72.2 cm³/mol. The Labute approximate surface area is 103 Å². The number of terminal acetylenes is 1. The van der Waals surface area contributed by atoms with Gasteiger partial charge in [0.15, 0.2) is 0 Å². The van der Waals surface area contributed by atoms with Gasteiger partial charge in [-0.05, 0) is 37.0 Å². The maximum atomic E-state index is 5.41. The number of benzene rings is 1. The highest BCUT2D eigenvalue weighted by molar-refractivity contribution is 5.36. The van der Waals surface area contributed by atoms with E-state index in [4.69, 9.17) is 6.42 Å². The minimum Gasteiger partial charge on any atom is -0.363 e. The first-order valence-electron chi connectivity index (χ1n) is 5.88. The number of allylic oxidation sites excluding steroid dienone is 2. The van der Waals surface area contributed by atoms with Crippen LogP contribution in [0.4, 0.5) is 0 Å². The highest BCUT2D eigenvalue weighted by Crippen LogP contribution is 2.26. The smallest absolute Gasteiger partial charge is 0.0245 e. The molecule has 86 valence electrons. The quantitative estimate of drug-likeness (QED) is 0.759. The van der Waals surface area contributed by atoms with E-state index in [1.54, 1.807) is 0 Å². The van der Waals surface area contributed by atoms with Crippen molar-refractivity contribution in [3.63, 3.8) is 0 Å². The van der Waals surface area contributed by atoms with Crippen molar-refractivity contribution < 1.29 is 0 Å². The second-order valence-corrected chi connectivity index (χ2v) is 4.54. The van der Waals surface area contributed by atoms with Gasteiger partial charge < -0.3 is 5.32 Å². The van der Waals surface area contributed by atoms with Crippen LogP contribution in [0.3, 0.4) is 0 Å². The Kier molecular flexibility index (Phi) is 3.35. The van der Waals surface area contributed by atoms with Gasteiger partial charge in [0.25, 0.3) is 0 Å². The lowest BCUT2D eigenvalue weighted by Gasteiger charge is -2.27. The van der Waals surface area contributed by atoms with E-state index in [0.29, 0.717) is 5.92 Å². The standard InChI is InChI=1S/C16H17N/c1-4-14-6-5-7-15(10-14)11-16-9-8-12(2)17-13(16)3/h1,5-7,10,16-17H,2-3,8-9,11H2. The summed E-state index contributed by atoms with van der Waals surface area (Å²) in [5.74, 6) is 3.15. The molecule has 1 aliphatic rings. The van der Waals surface area contributed by atoms with Crippen molar-refractivity contribution in [1.29, 1.82) is 0 Å². The summed E-state index contributed by atoms with van der Waals surface area (Å²) in [6.45, 7) is 8.01. The van der Waals surface area contributed by atoms with Gasteiger partial charge >= 0.3 is 0 Å². The molecule has 1 aliphatic heterocycles. The first-order valence-corrected chi connectivity index (χ1v) is 5.88. The van der Waals surface area contributed by atoms with Crippen LogP contribution in [-0.2, 0) is 6.42 Å². The lowest BCUT2D eigenvalue weighted by atomic mass is 9.88. The molecule has 1 fully saturated rings. The summed E-state index contributed by atoms with van der Waals surface area (Å²) in [6.07, 6.45) is 8.54. The summed E-state index contributed by atoms with van der Waals surface area (Å²) in [7, 11) is 0. The third-order valence-corrected chi connectivity index (χ3v) is 3.20. The van der Waals surface area contributed by atoms with Gasteiger partial charge in [0.05, 0.1) is 0 Å². The molecule has 1 nitrogen and oxygen atoms in total. The van der Waals surface area contributed by atoms with E-state index in [1.165, 1.54) is 5.56 Å². The molecular weight excluding hydrogens is 206 g/mol. The Bertz CT molecular complexity index is 490. The highest BCUT2D eigenvalue weighted by atomic mass is 14.9. The Balaban J connectivity index is 2.08. The third-order valence-electron chi connectivity index (χ3n) is 3.20. The maximum Gasteiger partial charge on any atom is 0.0245 e. The van der Waals surface area contributed by atoms with E-state index in [-0.39, 0.29) is 0 Å². The number of hydrogen-bond acceptors (Lipinski definition) is 1. The van der Waals surface area contributed by atoms with Crippen molar-refractivity contribution in [2.45, 2.75) is 19.3 Å². The summed E-state index contributed by atoms with van der Waals surface area (Å²) in [4.78, 5) is 0. The van der Waals surface area contributed by atoms with E-state index in [1.807, 2.05) is 12.1 Å². The molecule has 0 radical (unpaired) electrons. The second kappa shape index (κ2) is 4.93.